The summed E-state index contributed by atoms with van der Waals surface area (Å²) in [5.41, 5.74) is 8.09. The Morgan fingerprint density at radius 3 is 2.22 bits per heavy atom. The molecule has 1 amide bonds. The monoisotopic (exact) mass is 306 g/mol. The average Bonchev–Trinajstić information content (AvgIpc) is 3.01. The zero-order chi connectivity index (χ0) is 16.4. The second-order valence-corrected chi connectivity index (χ2v) is 5.03. The number of carbonyl (C=O) groups excluding carboxylic acids is 2. The van der Waals surface area contributed by atoms with Gasteiger partial charge in [-0.25, -0.2) is 4.68 Å². The van der Waals surface area contributed by atoms with Crippen LogP contribution < -0.4 is 5.73 Å². The van der Waals surface area contributed by atoms with Crippen molar-refractivity contribution in [3.8, 4) is 16.9 Å². The predicted molar refractivity (Wildman–Crippen MR) is 85.3 cm³/mol. The minimum absolute atomic E-state index is 0.163. The Morgan fingerprint density at radius 2 is 1.65 bits per heavy atom. The number of benzene rings is 2. The second-order valence-electron chi connectivity index (χ2n) is 5.03. The average molecular weight is 306 g/mol. The van der Waals surface area contributed by atoms with E-state index in [1.54, 1.807) is 28.9 Å². The molecule has 23 heavy (non-hydrogen) atoms. The van der Waals surface area contributed by atoms with E-state index in [4.69, 9.17) is 5.73 Å². The Bertz CT molecular complexity index is 867. The van der Waals surface area contributed by atoms with Gasteiger partial charge in [-0.3, -0.25) is 9.59 Å². The van der Waals surface area contributed by atoms with E-state index in [1.165, 1.54) is 6.92 Å². The number of aromatic nitrogens is 3. The first-order valence-electron chi connectivity index (χ1n) is 7.00. The Balaban J connectivity index is 2.16. The van der Waals surface area contributed by atoms with E-state index in [1.807, 2.05) is 30.3 Å². The number of hydrogen-bond donors (Lipinski definition) is 1. The Kier molecular flexibility index (Phi) is 3.72. The van der Waals surface area contributed by atoms with Gasteiger partial charge in [-0.15, -0.1) is 5.10 Å². The van der Waals surface area contributed by atoms with Gasteiger partial charge in [-0.05, 0) is 24.3 Å². The number of Topliss-reactive ketones (excluding diaryl/α,β-unsaturated/α-hetero) is 1. The molecule has 0 spiro atoms. The molecule has 0 bridgehead atoms. The highest BCUT2D eigenvalue weighted by Gasteiger charge is 2.19. The van der Waals surface area contributed by atoms with E-state index in [-0.39, 0.29) is 5.78 Å². The van der Waals surface area contributed by atoms with Crippen molar-refractivity contribution in [1.29, 1.82) is 0 Å². The minimum Gasteiger partial charge on any atom is -0.366 e. The van der Waals surface area contributed by atoms with E-state index >= 15 is 0 Å². The maximum atomic E-state index is 11.9. The summed E-state index contributed by atoms with van der Waals surface area (Å²) in [6.07, 6.45) is 0. The van der Waals surface area contributed by atoms with Crippen molar-refractivity contribution in [1.82, 2.24) is 15.0 Å². The van der Waals surface area contributed by atoms with Crippen molar-refractivity contribution in [2.24, 2.45) is 5.73 Å². The van der Waals surface area contributed by atoms with Gasteiger partial charge >= 0.3 is 0 Å². The van der Waals surface area contributed by atoms with E-state index in [9.17, 15) is 9.59 Å². The van der Waals surface area contributed by atoms with Crippen LogP contribution in [0.5, 0.6) is 0 Å². The summed E-state index contributed by atoms with van der Waals surface area (Å²) >= 11 is 0. The van der Waals surface area contributed by atoms with Crippen molar-refractivity contribution < 1.29 is 9.59 Å². The summed E-state index contributed by atoms with van der Waals surface area (Å²) in [6.45, 7) is 1.46. The van der Waals surface area contributed by atoms with Gasteiger partial charge < -0.3 is 5.73 Å². The topological polar surface area (TPSA) is 90.9 Å². The molecule has 0 unspecified atom stereocenters. The standard InChI is InChI=1S/C17H14N4O2/c1-11(22)15-16(12-5-3-2-4-6-12)21(20-19-15)14-9-7-13(8-10-14)17(18)23/h2-10H,1H3,(H2,18,23). The fourth-order valence-electron chi connectivity index (χ4n) is 2.32. The van der Waals surface area contributed by atoms with Crippen LogP contribution in [0, 0.1) is 0 Å². The van der Waals surface area contributed by atoms with Crippen LogP contribution >= 0.6 is 0 Å². The van der Waals surface area contributed by atoms with Crippen LogP contribution in [0.1, 0.15) is 27.8 Å². The fraction of sp³-hybridized carbons (Fsp3) is 0.0588. The molecule has 0 aliphatic carbocycles. The van der Waals surface area contributed by atoms with Crippen LogP contribution in [0.3, 0.4) is 0 Å². The van der Waals surface area contributed by atoms with E-state index < -0.39 is 5.91 Å². The molecule has 0 aliphatic heterocycles. The quantitative estimate of drug-likeness (QED) is 0.748. The highest BCUT2D eigenvalue weighted by Crippen LogP contribution is 2.25. The van der Waals surface area contributed by atoms with Crippen LogP contribution in [-0.4, -0.2) is 26.7 Å². The van der Waals surface area contributed by atoms with Gasteiger partial charge in [-0.1, -0.05) is 35.5 Å². The first kappa shape index (κ1) is 14.6. The molecular formula is C17H14N4O2. The number of primary amides is 1. The first-order valence-corrected chi connectivity index (χ1v) is 7.00. The van der Waals surface area contributed by atoms with Gasteiger partial charge in [-0.2, -0.15) is 0 Å². The third-order valence-corrected chi connectivity index (χ3v) is 3.45. The lowest BCUT2D eigenvalue weighted by atomic mass is 10.1. The zero-order valence-electron chi connectivity index (χ0n) is 12.4. The fourth-order valence-corrected chi connectivity index (χ4v) is 2.32. The van der Waals surface area contributed by atoms with Gasteiger partial charge in [0.2, 0.25) is 5.91 Å². The Hall–Kier alpha value is -3.28. The van der Waals surface area contributed by atoms with Crippen LogP contribution in [-0.2, 0) is 0 Å². The number of hydrogen-bond acceptors (Lipinski definition) is 4. The largest absolute Gasteiger partial charge is 0.366 e. The van der Waals surface area contributed by atoms with Crippen LogP contribution in [0.15, 0.2) is 54.6 Å². The number of amides is 1. The van der Waals surface area contributed by atoms with Crippen molar-refractivity contribution in [2.45, 2.75) is 6.92 Å². The lowest BCUT2D eigenvalue weighted by molar-refractivity contribution is 0.0995. The third-order valence-electron chi connectivity index (χ3n) is 3.45. The summed E-state index contributed by atoms with van der Waals surface area (Å²) in [4.78, 5) is 23.0. The zero-order valence-corrected chi connectivity index (χ0v) is 12.4. The molecule has 0 radical (unpaired) electrons. The lowest BCUT2D eigenvalue weighted by Gasteiger charge is -2.08. The van der Waals surface area contributed by atoms with Crippen LogP contribution in [0.25, 0.3) is 16.9 Å². The summed E-state index contributed by atoms with van der Waals surface area (Å²) < 4.78 is 1.58. The summed E-state index contributed by atoms with van der Waals surface area (Å²) in [7, 11) is 0. The molecule has 0 saturated carbocycles. The molecule has 2 N–H and O–H groups in total. The van der Waals surface area contributed by atoms with Gasteiger partial charge in [0.15, 0.2) is 11.5 Å². The number of rotatable bonds is 4. The molecule has 2 aromatic carbocycles. The van der Waals surface area contributed by atoms with Crippen molar-refractivity contribution >= 4 is 11.7 Å². The summed E-state index contributed by atoms with van der Waals surface area (Å²) in [5, 5.41) is 8.09. The molecule has 6 nitrogen and oxygen atoms in total. The molecule has 3 aromatic rings. The maximum Gasteiger partial charge on any atom is 0.248 e. The van der Waals surface area contributed by atoms with Crippen molar-refractivity contribution in [3.63, 3.8) is 0 Å². The highest BCUT2D eigenvalue weighted by molar-refractivity contribution is 5.98. The smallest absolute Gasteiger partial charge is 0.248 e. The van der Waals surface area contributed by atoms with Crippen LogP contribution in [0.4, 0.5) is 0 Å². The number of carbonyl (C=O) groups is 2. The van der Waals surface area contributed by atoms with Gasteiger partial charge in [0.1, 0.15) is 5.69 Å². The summed E-state index contributed by atoms with van der Waals surface area (Å²) in [6, 6.07) is 16.1. The molecule has 1 aromatic heterocycles. The number of nitrogens with zero attached hydrogens (tertiary/aromatic N) is 3. The molecule has 0 fully saturated rings. The van der Waals surface area contributed by atoms with Gasteiger partial charge in [0.25, 0.3) is 0 Å². The molecule has 0 aliphatic rings. The normalized spacial score (nSPS) is 10.5. The molecule has 1 heterocycles. The number of nitrogens with two attached hydrogens (primary N) is 1. The van der Waals surface area contributed by atoms with E-state index in [0.29, 0.717) is 22.6 Å². The SMILES string of the molecule is CC(=O)c1nnn(-c2ccc(C(N)=O)cc2)c1-c1ccccc1. The van der Waals surface area contributed by atoms with Crippen LogP contribution in [0.2, 0.25) is 0 Å². The second kappa shape index (κ2) is 5.84. The summed E-state index contributed by atoms with van der Waals surface area (Å²) in [5.74, 6) is -0.660. The lowest BCUT2D eigenvalue weighted by Crippen LogP contribution is -2.11. The molecule has 6 heteroatoms. The van der Waals surface area contributed by atoms with E-state index in [2.05, 4.69) is 10.3 Å². The molecular weight excluding hydrogens is 292 g/mol. The maximum absolute atomic E-state index is 11.9. The van der Waals surface area contributed by atoms with Crippen molar-refractivity contribution in [3.05, 3.63) is 65.9 Å². The molecule has 114 valence electrons. The predicted octanol–water partition coefficient (Wildman–Crippen LogP) is 2.24. The highest BCUT2D eigenvalue weighted by atomic mass is 16.1. The molecule has 3 rings (SSSR count). The van der Waals surface area contributed by atoms with Gasteiger partial charge in [0.05, 0.1) is 5.69 Å². The number of ketones is 1. The van der Waals surface area contributed by atoms with Crippen molar-refractivity contribution in [2.75, 3.05) is 0 Å². The van der Waals surface area contributed by atoms with Gasteiger partial charge in [0, 0.05) is 18.1 Å². The Labute approximate surface area is 132 Å². The molecule has 0 atom stereocenters. The Morgan fingerprint density at radius 1 is 1.00 bits per heavy atom. The molecule has 0 saturated heterocycles. The minimum atomic E-state index is -0.497. The third kappa shape index (κ3) is 2.74. The van der Waals surface area contributed by atoms with E-state index in [0.717, 1.165) is 5.56 Å². The first-order chi connectivity index (χ1) is 11.1.